The average molecular weight is 329 g/mol. The quantitative estimate of drug-likeness (QED) is 0.906. The van der Waals surface area contributed by atoms with E-state index >= 15 is 0 Å². The first kappa shape index (κ1) is 15.4. The molecular weight excluding hydrogens is 319 g/mol. The van der Waals surface area contributed by atoms with Crippen LogP contribution in [0.1, 0.15) is 10.4 Å². The van der Waals surface area contributed by atoms with E-state index in [-0.39, 0.29) is 21.2 Å². The van der Waals surface area contributed by atoms with E-state index in [4.69, 9.17) is 16.7 Å². The summed E-state index contributed by atoms with van der Waals surface area (Å²) in [4.78, 5) is 11.7. The molecular formula is C13H10ClFN2O3S. The molecule has 2 aromatic carbocycles. The molecule has 0 aromatic heterocycles. The number of rotatable bonds is 3. The zero-order valence-electron chi connectivity index (χ0n) is 10.5. The molecule has 0 aliphatic heterocycles. The van der Waals surface area contributed by atoms with Gasteiger partial charge in [-0.3, -0.25) is 4.79 Å². The Morgan fingerprint density at radius 1 is 1.19 bits per heavy atom. The van der Waals surface area contributed by atoms with Crippen LogP contribution in [0.5, 0.6) is 0 Å². The summed E-state index contributed by atoms with van der Waals surface area (Å²) in [6.07, 6.45) is 0. The van der Waals surface area contributed by atoms with Crippen molar-refractivity contribution < 1.29 is 17.6 Å². The second-order valence-corrected chi connectivity index (χ2v) is 6.09. The summed E-state index contributed by atoms with van der Waals surface area (Å²) in [5.41, 5.74) is 0.392. The highest BCUT2D eigenvalue weighted by Crippen LogP contribution is 2.24. The number of hydrogen-bond acceptors (Lipinski definition) is 3. The van der Waals surface area contributed by atoms with Crippen LogP contribution in [0.25, 0.3) is 0 Å². The van der Waals surface area contributed by atoms with Crippen molar-refractivity contribution in [2.24, 2.45) is 5.14 Å². The van der Waals surface area contributed by atoms with Crippen molar-refractivity contribution in [3.05, 3.63) is 58.9 Å². The number of carbonyl (C=O) groups excluding carboxylic acids is 1. The highest BCUT2D eigenvalue weighted by molar-refractivity contribution is 7.89. The number of hydrogen-bond donors (Lipinski definition) is 2. The predicted octanol–water partition coefficient (Wildman–Crippen LogP) is 2.38. The van der Waals surface area contributed by atoms with Gasteiger partial charge in [-0.1, -0.05) is 17.7 Å². The summed E-state index contributed by atoms with van der Waals surface area (Å²) >= 11 is 5.80. The summed E-state index contributed by atoms with van der Waals surface area (Å²) in [7, 11) is -3.93. The van der Waals surface area contributed by atoms with Gasteiger partial charge in [0.25, 0.3) is 5.91 Å². The molecule has 2 aromatic rings. The molecule has 5 nitrogen and oxygen atoms in total. The molecule has 0 radical (unpaired) electrons. The lowest BCUT2D eigenvalue weighted by molar-refractivity contribution is 0.102. The van der Waals surface area contributed by atoms with Crippen molar-refractivity contribution in [2.75, 3.05) is 5.32 Å². The van der Waals surface area contributed by atoms with Gasteiger partial charge in [-0.25, -0.2) is 17.9 Å². The first-order valence-corrected chi connectivity index (χ1v) is 7.59. The van der Waals surface area contributed by atoms with Crippen LogP contribution in [-0.4, -0.2) is 14.3 Å². The van der Waals surface area contributed by atoms with Gasteiger partial charge in [0.15, 0.2) is 0 Å². The molecule has 3 N–H and O–H groups in total. The molecule has 0 saturated carbocycles. The number of carbonyl (C=O) groups is 1. The molecule has 0 unspecified atom stereocenters. The second kappa shape index (κ2) is 5.80. The Bertz CT molecular complexity index is 809. The largest absolute Gasteiger partial charge is 0.322 e. The number of nitrogens with two attached hydrogens (primary N) is 1. The van der Waals surface area contributed by atoms with Crippen molar-refractivity contribution >= 4 is 33.2 Å². The maximum atomic E-state index is 13.0. The van der Waals surface area contributed by atoms with Crippen LogP contribution in [0.3, 0.4) is 0 Å². The minimum Gasteiger partial charge on any atom is -0.322 e. The zero-order chi connectivity index (χ0) is 15.6. The van der Waals surface area contributed by atoms with Crippen LogP contribution >= 0.6 is 11.6 Å². The standard InChI is InChI=1S/C13H10ClFN2O3S/c14-11-7-10(4-5-12(11)21(16,19)20)17-13(18)8-2-1-3-9(15)6-8/h1-7H,(H,17,18)(H2,16,19,20). The Morgan fingerprint density at radius 3 is 2.48 bits per heavy atom. The van der Waals surface area contributed by atoms with Gasteiger partial charge in [-0.2, -0.15) is 0 Å². The van der Waals surface area contributed by atoms with E-state index in [9.17, 15) is 17.6 Å². The number of anilines is 1. The number of sulfonamides is 1. The van der Waals surface area contributed by atoms with Crippen LogP contribution < -0.4 is 10.5 Å². The minimum absolute atomic E-state index is 0.116. The van der Waals surface area contributed by atoms with Gasteiger partial charge >= 0.3 is 0 Å². The Labute approximate surface area is 125 Å². The van der Waals surface area contributed by atoms with Crippen molar-refractivity contribution in [3.63, 3.8) is 0 Å². The van der Waals surface area contributed by atoms with Gasteiger partial charge in [0.1, 0.15) is 10.7 Å². The monoisotopic (exact) mass is 328 g/mol. The molecule has 0 spiro atoms. The summed E-state index contributed by atoms with van der Waals surface area (Å²) in [6.45, 7) is 0. The van der Waals surface area contributed by atoms with Crippen LogP contribution in [0, 0.1) is 5.82 Å². The maximum Gasteiger partial charge on any atom is 0.255 e. The van der Waals surface area contributed by atoms with Crippen molar-refractivity contribution in [1.82, 2.24) is 0 Å². The fourth-order valence-corrected chi connectivity index (χ4v) is 2.73. The zero-order valence-corrected chi connectivity index (χ0v) is 12.1. The van der Waals surface area contributed by atoms with Crippen LogP contribution in [0.4, 0.5) is 10.1 Å². The van der Waals surface area contributed by atoms with E-state index in [0.717, 1.165) is 6.07 Å². The van der Waals surface area contributed by atoms with E-state index in [0.29, 0.717) is 0 Å². The number of nitrogens with one attached hydrogen (secondary N) is 1. The number of benzene rings is 2. The first-order chi connectivity index (χ1) is 9.77. The Hall–Kier alpha value is -1.96. The second-order valence-electron chi connectivity index (χ2n) is 4.15. The lowest BCUT2D eigenvalue weighted by atomic mass is 10.2. The first-order valence-electron chi connectivity index (χ1n) is 5.66. The Morgan fingerprint density at radius 2 is 1.90 bits per heavy atom. The third-order valence-corrected chi connectivity index (χ3v) is 3.98. The number of halogens is 2. The molecule has 110 valence electrons. The molecule has 2 rings (SSSR count). The molecule has 0 heterocycles. The molecule has 0 fully saturated rings. The minimum atomic E-state index is -3.93. The third-order valence-electron chi connectivity index (χ3n) is 2.58. The molecule has 8 heteroatoms. The molecule has 0 bridgehead atoms. The van der Waals surface area contributed by atoms with Gasteiger partial charge in [0, 0.05) is 11.3 Å². The van der Waals surface area contributed by atoms with E-state index in [2.05, 4.69) is 5.32 Å². The van der Waals surface area contributed by atoms with Gasteiger partial charge < -0.3 is 5.32 Å². The molecule has 0 saturated heterocycles. The van der Waals surface area contributed by atoms with Crippen molar-refractivity contribution in [3.8, 4) is 0 Å². The molecule has 21 heavy (non-hydrogen) atoms. The molecule has 1 amide bonds. The molecule has 0 atom stereocenters. The van der Waals surface area contributed by atoms with Crippen molar-refractivity contribution in [1.29, 1.82) is 0 Å². The van der Waals surface area contributed by atoms with Crippen LogP contribution in [0.15, 0.2) is 47.4 Å². The topological polar surface area (TPSA) is 89.3 Å². The van der Waals surface area contributed by atoms with Crippen LogP contribution in [0.2, 0.25) is 5.02 Å². The third kappa shape index (κ3) is 3.78. The summed E-state index contributed by atoms with van der Waals surface area (Å²) < 4.78 is 35.5. The Balaban J connectivity index is 2.25. The van der Waals surface area contributed by atoms with E-state index in [1.807, 2.05) is 0 Å². The maximum absolute atomic E-state index is 13.0. The van der Waals surface area contributed by atoms with Gasteiger partial charge in [0.2, 0.25) is 10.0 Å². The lowest BCUT2D eigenvalue weighted by Crippen LogP contribution is -2.14. The fraction of sp³-hybridized carbons (Fsp3) is 0. The molecule has 0 aliphatic carbocycles. The summed E-state index contributed by atoms with van der Waals surface area (Å²) in [6, 6.07) is 8.91. The fourth-order valence-electron chi connectivity index (χ4n) is 1.64. The predicted molar refractivity (Wildman–Crippen MR) is 77.2 cm³/mol. The smallest absolute Gasteiger partial charge is 0.255 e. The average Bonchev–Trinajstić information content (AvgIpc) is 2.37. The number of primary sulfonamides is 1. The SMILES string of the molecule is NS(=O)(=O)c1ccc(NC(=O)c2cccc(F)c2)cc1Cl. The Kier molecular flexibility index (Phi) is 4.26. The molecule has 0 aliphatic rings. The normalized spacial score (nSPS) is 11.2. The summed E-state index contributed by atoms with van der Waals surface area (Å²) in [5, 5.41) is 7.34. The van der Waals surface area contributed by atoms with E-state index in [1.54, 1.807) is 0 Å². The van der Waals surface area contributed by atoms with Gasteiger partial charge in [-0.05, 0) is 36.4 Å². The highest BCUT2D eigenvalue weighted by Gasteiger charge is 2.14. The highest BCUT2D eigenvalue weighted by atomic mass is 35.5. The lowest BCUT2D eigenvalue weighted by Gasteiger charge is -2.08. The van der Waals surface area contributed by atoms with Gasteiger partial charge in [-0.15, -0.1) is 0 Å². The van der Waals surface area contributed by atoms with Crippen molar-refractivity contribution in [2.45, 2.75) is 4.90 Å². The number of amides is 1. The van der Waals surface area contributed by atoms with Gasteiger partial charge in [0.05, 0.1) is 5.02 Å². The van der Waals surface area contributed by atoms with E-state index < -0.39 is 21.7 Å². The summed E-state index contributed by atoms with van der Waals surface area (Å²) in [5.74, 6) is -1.08. The van der Waals surface area contributed by atoms with Crippen LogP contribution in [-0.2, 0) is 10.0 Å². The van der Waals surface area contributed by atoms with E-state index in [1.165, 1.54) is 36.4 Å².